The number of rotatable bonds is 3. The molecule has 2 heterocycles. The lowest BCUT2D eigenvalue weighted by Gasteiger charge is -2.39. The fourth-order valence-corrected chi connectivity index (χ4v) is 6.82. The van der Waals surface area contributed by atoms with Crippen LogP contribution in [-0.2, 0) is 27.7 Å². The van der Waals surface area contributed by atoms with E-state index in [1.54, 1.807) is 10.4 Å². The normalized spacial score (nSPS) is 27.0. The first kappa shape index (κ1) is 19.9. The Labute approximate surface area is 169 Å². The van der Waals surface area contributed by atoms with Gasteiger partial charge in [0.25, 0.3) is 0 Å². The zero-order valence-electron chi connectivity index (χ0n) is 17.1. The summed E-state index contributed by atoms with van der Waals surface area (Å²) in [5.74, 6) is 1.29. The molecule has 6 heteroatoms. The summed E-state index contributed by atoms with van der Waals surface area (Å²) in [6, 6.07) is 5.60. The molecule has 3 aliphatic rings. The Bertz CT molecular complexity index is 833. The molecule has 1 aromatic carbocycles. The summed E-state index contributed by atoms with van der Waals surface area (Å²) in [6.07, 6.45) is 5.57. The largest absolute Gasteiger partial charge is 0.342 e. The number of nitrogens with zero attached hydrogens (tertiary/aromatic N) is 2. The number of fused-ring (bicyclic) bond motifs is 1. The Hall–Kier alpha value is -1.40. The summed E-state index contributed by atoms with van der Waals surface area (Å²) in [7, 11) is -3.47. The van der Waals surface area contributed by atoms with E-state index < -0.39 is 10.0 Å². The van der Waals surface area contributed by atoms with E-state index in [1.165, 1.54) is 17.5 Å². The molecular formula is C22H32N2O3S. The number of carbonyl (C=O) groups excluding carboxylic acids is 1. The lowest BCUT2D eigenvalue weighted by molar-refractivity contribution is -0.139. The van der Waals surface area contributed by atoms with Crippen molar-refractivity contribution in [3.8, 4) is 0 Å². The fourth-order valence-electron chi connectivity index (χ4n) is 5.30. The quantitative estimate of drug-likeness (QED) is 0.778. The average molecular weight is 405 g/mol. The van der Waals surface area contributed by atoms with Gasteiger partial charge in [-0.05, 0) is 73.6 Å². The van der Waals surface area contributed by atoms with Crippen molar-refractivity contribution < 1.29 is 13.2 Å². The van der Waals surface area contributed by atoms with Crippen molar-refractivity contribution in [3.05, 3.63) is 29.3 Å². The molecule has 4 rings (SSSR count). The summed E-state index contributed by atoms with van der Waals surface area (Å²) >= 11 is 0. The number of piperidine rings is 2. The van der Waals surface area contributed by atoms with Crippen molar-refractivity contribution >= 4 is 15.9 Å². The van der Waals surface area contributed by atoms with Crippen LogP contribution in [0.4, 0.5) is 0 Å². The number of amides is 1. The predicted octanol–water partition coefficient (Wildman–Crippen LogP) is 3.08. The molecule has 2 saturated heterocycles. The molecule has 1 aromatic rings. The Morgan fingerprint density at radius 1 is 1.00 bits per heavy atom. The summed E-state index contributed by atoms with van der Waals surface area (Å²) in [5, 5.41) is 0. The molecule has 0 spiro atoms. The van der Waals surface area contributed by atoms with Gasteiger partial charge >= 0.3 is 0 Å². The van der Waals surface area contributed by atoms with Crippen LogP contribution in [0.1, 0.15) is 50.7 Å². The number of hydrogen-bond acceptors (Lipinski definition) is 3. The van der Waals surface area contributed by atoms with Gasteiger partial charge in [-0.25, -0.2) is 8.42 Å². The van der Waals surface area contributed by atoms with Crippen LogP contribution in [-0.4, -0.2) is 49.7 Å². The molecule has 2 aliphatic heterocycles. The molecule has 5 nitrogen and oxygen atoms in total. The first-order chi connectivity index (χ1) is 13.3. The van der Waals surface area contributed by atoms with Crippen LogP contribution in [0.25, 0.3) is 0 Å². The van der Waals surface area contributed by atoms with Gasteiger partial charge in [-0.3, -0.25) is 4.79 Å². The summed E-state index contributed by atoms with van der Waals surface area (Å²) in [4.78, 5) is 15.4. The van der Waals surface area contributed by atoms with Crippen LogP contribution >= 0.6 is 0 Å². The second-order valence-electron chi connectivity index (χ2n) is 9.15. The SMILES string of the molecule is C[C@@H]1C[C@H](C)CN(C(=O)C2CCN(S(=O)(=O)c3ccc4c(c3)CCC4)CC2)C1. The molecule has 28 heavy (non-hydrogen) atoms. The lowest BCUT2D eigenvalue weighted by Crippen LogP contribution is -2.48. The molecule has 0 aromatic heterocycles. The zero-order chi connectivity index (χ0) is 19.9. The molecule has 1 aliphatic carbocycles. The predicted molar refractivity (Wildman–Crippen MR) is 109 cm³/mol. The number of benzene rings is 1. The molecule has 0 N–H and O–H groups in total. The molecule has 154 valence electrons. The third kappa shape index (κ3) is 3.86. The van der Waals surface area contributed by atoms with Gasteiger partial charge in [0, 0.05) is 32.1 Å². The highest BCUT2D eigenvalue weighted by molar-refractivity contribution is 7.89. The Kier molecular flexibility index (Phi) is 5.53. The van der Waals surface area contributed by atoms with Gasteiger partial charge in [-0.1, -0.05) is 19.9 Å². The van der Waals surface area contributed by atoms with Crippen molar-refractivity contribution in [1.29, 1.82) is 0 Å². The van der Waals surface area contributed by atoms with Crippen molar-refractivity contribution in [2.45, 2.75) is 57.3 Å². The number of aryl methyl sites for hydroxylation is 2. The molecule has 0 saturated carbocycles. The number of hydrogen-bond donors (Lipinski definition) is 0. The third-order valence-electron chi connectivity index (χ3n) is 6.69. The smallest absolute Gasteiger partial charge is 0.243 e. The van der Waals surface area contributed by atoms with E-state index >= 15 is 0 Å². The van der Waals surface area contributed by atoms with Gasteiger partial charge in [0.15, 0.2) is 0 Å². The lowest BCUT2D eigenvalue weighted by atomic mass is 9.89. The molecule has 0 radical (unpaired) electrons. The minimum atomic E-state index is -3.47. The Balaban J connectivity index is 1.40. The van der Waals surface area contributed by atoms with E-state index in [9.17, 15) is 13.2 Å². The van der Waals surface area contributed by atoms with Gasteiger partial charge in [0.05, 0.1) is 4.90 Å². The van der Waals surface area contributed by atoms with E-state index in [-0.39, 0.29) is 11.8 Å². The fraction of sp³-hybridized carbons (Fsp3) is 0.682. The monoisotopic (exact) mass is 404 g/mol. The molecule has 2 atom stereocenters. The van der Waals surface area contributed by atoms with Crippen molar-refractivity contribution in [2.75, 3.05) is 26.2 Å². The standard InChI is InChI=1S/C22H32N2O3S/c1-16-12-17(2)15-23(14-16)22(25)19-8-10-24(11-9-19)28(26,27)21-7-6-18-4-3-5-20(18)13-21/h6-7,13,16-17,19H,3-5,8-12,14-15H2,1-2H3/t16-,17+. The Morgan fingerprint density at radius 3 is 2.32 bits per heavy atom. The second-order valence-corrected chi connectivity index (χ2v) is 11.1. The molecule has 0 unspecified atom stereocenters. The average Bonchev–Trinajstić information content (AvgIpc) is 3.14. The molecule has 1 amide bonds. The van der Waals surface area contributed by atoms with E-state index in [4.69, 9.17) is 0 Å². The van der Waals surface area contributed by atoms with Crippen LogP contribution in [0.5, 0.6) is 0 Å². The van der Waals surface area contributed by atoms with Gasteiger partial charge in [-0.2, -0.15) is 4.31 Å². The van der Waals surface area contributed by atoms with E-state index in [2.05, 4.69) is 13.8 Å². The van der Waals surface area contributed by atoms with Crippen LogP contribution in [0.2, 0.25) is 0 Å². The third-order valence-corrected chi connectivity index (χ3v) is 8.59. The van der Waals surface area contributed by atoms with Gasteiger partial charge in [0.2, 0.25) is 15.9 Å². The maximum Gasteiger partial charge on any atom is 0.243 e. The molecular weight excluding hydrogens is 372 g/mol. The van der Waals surface area contributed by atoms with Crippen molar-refractivity contribution in [1.82, 2.24) is 9.21 Å². The number of sulfonamides is 1. The van der Waals surface area contributed by atoms with Gasteiger partial charge in [0.1, 0.15) is 0 Å². The number of likely N-dealkylation sites (tertiary alicyclic amines) is 1. The summed E-state index contributed by atoms with van der Waals surface area (Å²) in [6.45, 7) is 6.99. The van der Waals surface area contributed by atoms with Gasteiger partial charge in [-0.15, -0.1) is 0 Å². The van der Waals surface area contributed by atoms with Crippen LogP contribution in [0.15, 0.2) is 23.1 Å². The molecule has 2 fully saturated rings. The van der Waals surface area contributed by atoms with E-state index in [1.807, 2.05) is 17.0 Å². The maximum absolute atomic E-state index is 13.1. The maximum atomic E-state index is 13.1. The van der Waals surface area contributed by atoms with Crippen LogP contribution in [0.3, 0.4) is 0 Å². The first-order valence-corrected chi connectivity index (χ1v) is 12.2. The Morgan fingerprint density at radius 2 is 1.64 bits per heavy atom. The minimum Gasteiger partial charge on any atom is -0.342 e. The highest BCUT2D eigenvalue weighted by Gasteiger charge is 2.35. The highest BCUT2D eigenvalue weighted by atomic mass is 32.2. The van der Waals surface area contributed by atoms with Crippen LogP contribution < -0.4 is 0 Å². The first-order valence-electron chi connectivity index (χ1n) is 10.8. The second kappa shape index (κ2) is 7.79. The van der Waals surface area contributed by atoms with E-state index in [0.717, 1.165) is 32.4 Å². The van der Waals surface area contributed by atoms with Crippen LogP contribution in [0, 0.1) is 17.8 Å². The number of carbonyl (C=O) groups is 1. The summed E-state index contributed by atoms with van der Waals surface area (Å²) in [5.41, 5.74) is 2.47. The molecule has 0 bridgehead atoms. The minimum absolute atomic E-state index is 0.0380. The topological polar surface area (TPSA) is 57.7 Å². The zero-order valence-corrected chi connectivity index (χ0v) is 17.9. The van der Waals surface area contributed by atoms with Crippen molar-refractivity contribution in [2.24, 2.45) is 17.8 Å². The van der Waals surface area contributed by atoms with Crippen molar-refractivity contribution in [3.63, 3.8) is 0 Å². The van der Waals surface area contributed by atoms with Gasteiger partial charge < -0.3 is 4.90 Å². The summed E-state index contributed by atoms with van der Waals surface area (Å²) < 4.78 is 27.7. The highest BCUT2D eigenvalue weighted by Crippen LogP contribution is 2.30. The van der Waals surface area contributed by atoms with E-state index in [0.29, 0.717) is 42.7 Å².